The highest BCUT2D eigenvalue weighted by Gasteiger charge is 2.30. The average Bonchev–Trinajstić information content (AvgIpc) is 2.93. The maximum Gasteiger partial charge on any atom is 0.243 e. The minimum Gasteiger partial charge on any atom is -0.368 e. The molecule has 1 aromatic carbocycles. The lowest BCUT2D eigenvalue weighted by Crippen LogP contribution is -2.51. The third kappa shape index (κ3) is 3.61. The molecule has 7 heteroatoms. The Hall–Kier alpha value is -2.88. The Kier molecular flexibility index (Phi) is 4.73. The molecule has 3 amide bonds. The van der Waals surface area contributed by atoms with Crippen molar-refractivity contribution in [3.63, 3.8) is 0 Å². The van der Waals surface area contributed by atoms with Crippen LogP contribution in [-0.4, -0.2) is 29.8 Å². The van der Waals surface area contributed by atoms with E-state index in [1.54, 1.807) is 24.3 Å². The van der Waals surface area contributed by atoms with E-state index in [9.17, 15) is 14.4 Å². The normalized spacial score (nSPS) is 18.1. The second kappa shape index (κ2) is 6.72. The van der Waals surface area contributed by atoms with E-state index >= 15 is 0 Å². The Morgan fingerprint density at radius 3 is 2.77 bits per heavy atom. The molecule has 1 aromatic rings. The van der Waals surface area contributed by atoms with Crippen LogP contribution in [0.15, 0.2) is 24.3 Å². The Morgan fingerprint density at radius 1 is 1.45 bits per heavy atom. The molecule has 0 aliphatic carbocycles. The summed E-state index contributed by atoms with van der Waals surface area (Å²) in [6, 6.07) is 7.26. The van der Waals surface area contributed by atoms with E-state index in [4.69, 9.17) is 11.0 Å². The molecule has 1 aliphatic rings. The topological polar surface area (TPSA) is 125 Å². The number of hydrogen-bond donors (Lipinski definition) is 3. The van der Waals surface area contributed by atoms with Gasteiger partial charge in [-0.2, -0.15) is 5.26 Å². The van der Waals surface area contributed by atoms with Gasteiger partial charge < -0.3 is 16.4 Å². The summed E-state index contributed by atoms with van der Waals surface area (Å²) in [4.78, 5) is 34.7. The van der Waals surface area contributed by atoms with Crippen molar-refractivity contribution in [3.05, 3.63) is 35.4 Å². The van der Waals surface area contributed by atoms with E-state index in [1.807, 2.05) is 6.07 Å². The summed E-state index contributed by atoms with van der Waals surface area (Å²) in [6.07, 6.45) is 0.812. The van der Waals surface area contributed by atoms with Crippen molar-refractivity contribution in [2.24, 2.45) is 5.73 Å². The number of benzene rings is 1. The first-order valence-corrected chi connectivity index (χ1v) is 6.88. The molecule has 0 bridgehead atoms. The predicted molar refractivity (Wildman–Crippen MR) is 77.2 cm³/mol. The van der Waals surface area contributed by atoms with Crippen molar-refractivity contribution < 1.29 is 14.4 Å². The lowest BCUT2D eigenvalue weighted by Gasteiger charge is -2.18. The molecule has 4 N–H and O–H groups in total. The third-order valence-electron chi connectivity index (χ3n) is 3.53. The van der Waals surface area contributed by atoms with Crippen LogP contribution in [0.25, 0.3) is 0 Å². The van der Waals surface area contributed by atoms with Crippen molar-refractivity contribution >= 4 is 17.7 Å². The number of nitrogens with zero attached hydrogens (tertiary/aromatic N) is 1. The number of hydrogen-bond acceptors (Lipinski definition) is 4. The molecule has 1 saturated heterocycles. The van der Waals surface area contributed by atoms with Gasteiger partial charge in [0, 0.05) is 12.8 Å². The van der Waals surface area contributed by atoms with Gasteiger partial charge in [-0.05, 0) is 18.1 Å². The molecule has 22 heavy (non-hydrogen) atoms. The van der Waals surface area contributed by atoms with Gasteiger partial charge in [0.2, 0.25) is 17.7 Å². The van der Waals surface area contributed by atoms with Gasteiger partial charge in [-0.25, -0.2) is 0 Å². The number of rotatable bonds is 5. The average molecular weight is 300 g/mol. The van der Waals surface area contributed by atoms with Gasteiger partial charge in [-0.15, -0.1) is 0 Å². The van der Waals surface area contributed by atoms with Gasteiger partial charge in [-0.3, -0.25) is 14.4 Å². The number of nitriles is 1. The van der Waals surface area contributed by atoms with Gasteiger partial charge in [0.05, 0.1) is 11.6 Å². The molecule has 2 rings (SSSR count). The van der Waals surface area contributed by atoms with Crippen LogP contribution in [0.5, 0.6) is 0 Å². The van der Waals surface area contributed by atoms with E-state index in [2.05, 4.69) is 10.6 Å². The molecule has 1 fully saturated rings. The molecular formula is C15H16N4O3. The predicted octanol–water partition coefficient (Wildman–Crippen LogP) is -0.651. The van der Waals surface area contributed by atoms with Gasteiger partial charge in [0.25, 0.3) is 0 Å². The van der Waals surface area contributed by atoms with Crippen LogP contribution in [-0.2, 0) is 20.8 Å². The van der Waals surface area contributed by atoms with E-state index in [0.717, 1.165) is 0 Å². The fourth-order valence-electron chi connectivity index (χ4n) is 2.33. The van der Waals surface area contributed by atoms with Crippen molar-refractivity contribution in [1.29, 1.82) is 5.26 Å². The first-order valence-electron chi connectivity index (χ1n) is 6.88. The molecule has 2 atom stereocenters. The molecule has 0 unspecified atom stereocenters. The van der Waals surface area contributed by atoms with Crippen molar-refractivity contribution in [2.75, 3.05) is 0 Å². The summed E-state index contributed by atoms with van der Waals surface area (Å²) in [7, 11) is 0. The number of nitrogens with two attached hydrogens (primary N) is 1. The third-order valence-corrected chi connectivity index (χ3v) is 3.53. The molecule has 0 saturated carbocycles. The highest BCUT2D eigenvalue weighted by Crippen LogP contribution is 2.11. The molecule has 1 aliphatic heterocycles. The zero-order valence-electron chi connectivity index (χ0n) is 11.8. The zero-order valence-corrected chi connectivity index (χ0v) is 11.8. The van der Waals surface area contributed by atoms with Gasteiger partial charge in [-0.1, -0.05) is 18.2 Å². The summed E-state index contributed by atoms with van der Waals surface area (Å²) in [5, 5.41) is 14.1. The van der Waals surface area contributed by atoms with Crippen molar-refractivity contribution in [3.8, 4) is 6.07 Å². The van der Waals surface area contributed by atoms with E-state index in [1.165, 1.54) is 0 Å². The lowest BCUT2D eigenvalue weighted by atomic mass is 10.00. The lowest BCUT2D eigenvalue weighted by molar-refractivity contribution is -0.129. The van der Waals surface area contributed by atoms with E-state index < -0.39 is 23.9 Å². The van der Waals surface area contributed by atoms with Crippen molar-refractivity contribution in [1.82, 2.24) is 10.6 Å². The molecule has 0 radical (unpaired) electrons. The summed E-state index contributed by atoms with van der Waals surface area (Å²) in [5.41, 5.74) is 6.38. The molecule has 7 nitrogen and oxygen atoms in total. The van der Waals surface area contributed by atoms with Crippen LogP contribution in [0.2, 0.25) is 0 Å². The molecule has 1 heterocycles. The van der Waals surface area contributed by atoms with Crippen LogP contribution < -0.4 is 16.4 Å². The number of primary amides is 1. The fourth-order valence-corrected chi connectivity index (χ4v) is 2.33. The Bertz CT molecular complexity index is 650. The van der Waals surface area contributed by atoms with E-state index in [-0.39, 0.29) is 18.7 Å². The maximum atomic E-state index is 12.1. The minimum atomic E-state index is -0.931. The second-order valence-corrected chi connectivity index (χ2v) is 5.10. The molecule has 114 valence electrons. The monoisotopic (exact) mass is 300 g/mol. The summed E-state index contributed by atoms with van der Waals surface area (Å²) >= 11 is 0. The largest absolute Gasteiger partial charge is 0.368 e. The quantitative estimate of drug-likeness (QED) is 0.668. The number of carbonyl (C=O) groups is 3. The zero-order chi connectivity index (χ0) is 16.1. The summed E-state index contributed by atoms with van der Waals surface area (Å²) in [5.74, 6) is -1.32. The Balaban J connectivity index is 2.07. The standard InChI is InChI=1S/C15H16N4O3/c16-8-10-4-2-1-3-9(10)7-12(14(17)21)19-15(22)11-5-6-13(20)18-11/h1-4,11-12H,5-7H2,(H2,17,21)(H,18,20)(H,19,22)/t11-,12+/m0/s1. The smallest absolute Gasteiger partial charge is 0.243 e. The minimum absolute atomic E-state index is 0.130. The SMILES string of the molecule is N#Cc1ccccc1C[C@@H](NC(=O)[C@@H]1CCC(=O)N1)C(N)=O. The number of nitrogens with one attached hydrogen (secondary N) is 2. The highest BCUT2D eigenvalue weighted by atomic mass is 16.2. The molecule has 0 aromatic heterocycles. The van der Waals surface area contributed by atoms with E-state index in [0.29, 0.717) is 17.5 Å². The second-order valence-electron chi connectivity index (χ2n) is 5.10. The Labute approximate surface area is 127 Å². The van der Waals surface area contributed by atoms with Crippen LogP contribution in [0.1, 0.15) is 24.0 Å². The van der Waals surface area contributed by atoms with Gasteiger partial charge >= 0.3 is 0 Å². The summed E-state index contributed by atoms with van der Waals surface area (Å²) in [6.45, 7) is 0. The number of carbonyl (C=O) groups excluding carboxylic acids is 3. The first-order chi connectivity index (χ1) is 10.5. The van der Waals surface area contributed by atoms with Crippen LogP contribution >= 0.6 is 0 Å². The fraction of sp³-hybridized carbons (Fsp3) is 0.333. The summed E-state index contributed by atoms with van der Waals surface area (Å²) < 4.78 is 0. The van der Waals surface area contributed by atoms with Gasteiger partial charge in [0.15, 0.2) is 0 Å². The Morgan fingerprint density at radius 2 is 2.18 bits per heavy atom. The van der Waals surface area contributed by atoms with Crippen LogP contribution in [0.4, 0.5) is 0 Å². The van der Waals surface area contributed by atoms with Crippen LogP contribution in [0, 0.1) is 11.3 Å². The molecular weight excluding hydrogens is 284 g/mol. The number of amides is 3. The highest BCUT2D eigenvalue weighted by molar-refractivity contribution is 5.93. The van der Waals surface area contributed by atoms with Crippen molar-refractivity contribution in [2.45, 2.75) is 31.3 Å². The maximum absolute atomic E-state index is 12.1. The van der Waals surface area contributed by atoms with Gasteiger partial charge in [0.1, 0.15) is 12.1 Å². The van der Waals surface area contributed by atoms with Crippen LogP contribution in [0.3, 0.4) is 0 Å². The first kappa shape index (κ1) is 15.5. The molecule has 0 spiro atoms.